The van der Waals surface area contributed by atoms with E-state index in [0.29, 0.717) is 18.7 Å². The Morgan fingerprint density at radius 1 is 1.17 bits per heavy atom. The average Bonchev–Trinajstić information content (AvgIpc) is 2.87. The van der Waals surface area contributed by atoms with E-state index in [2.05, 4.69) is 35.8 Å². The minimum atomic E-state index is -1.04. The number of nitrogens with two attached hydrogens (primary N) is 1. The fourth-order valence-corrected chi connectivity index (χ4v) is 4.48. The van der Waals surface area contributed by atoms with Crippen LogP contribution in [0.15, 0.2) is 42.5 Å². The van der Waals surface area contributed by atoms with Crippen molar-refractivity contribution >= 4 is 22.8 Å². The molecule has 30 heavy (non-hydrogen) atoms. The second kappa shape index (κ2) is 8.22. The lowest BCUT2D eigenvalue weighted by Gasteiger charge is -2.14. The molecular formula is C24H26N2O4. The van der Waals surface area contributed by atoms with E-state index >= 15 is 0 Å². The molecular weight excluding hydrogens is 380 g/mol. The zero-order valence-electron chi connectivity index (χ0n) is 17.1. The number of amides is 1. The van der Waals surface area contributed by atoms with Gasteiger partial charge in [0.2, 0.25) is 5.91 Å². The van der Waals surface area contributed by atoms with Crippen molar-refractivity contribution < 1.29 is 19.4 Å². The number of hydrogen-bond donors (Lipinski definition) is 2. The van der Waals surface area contributed by atoms with Gasteiger partial charge in [0, 0.05) is 17.6 Å². The van der Waals surface area contributed by atoms with Crippen molar-refractivity contribution in [1.82, 2.24) is 4.57 Å². The van der Waals surface area contributed by atoms with Crippen LogP contribution in [0.3, 0.4) is 0 Å². The highest BCUT2D eigenvalue weighted by atomic mass is 16.5. The Morgan fingerprint density at radius 3 is 2.63 bits per heavy atom. The highest BCUT2D eigenvalue weighted by molar-refractivity contribution is 5.97. The van der Waals surface area contributed by atoms with Crippen LogP contribution in [0, 0.1) is 6.92 Å². The molecule has 4 rings (SSSR count). The number of rotatable bonds is 6. The molecule has 1 aliphatic rings. The zero-order valence-corrected chi connectivity index (χ0v) is 17.1. The molecule has 0 fully saturated rings. The minimum absolute atomic E-state index is 0.347. The van der Waals surface area contributed by atoms with Gasteiger partial charge in [-0.1, -0.05) is 42.3 Å². The van der Waals surface area contributed by atoms with E-state index in [0.717, 1.165) is 47.0 Å². The third-order valence-electron chi connectivity index (χ3n) is 5.86. The molecule has 2 aromatic carbocycles. The summed E-state index contributed by atoms with van der Waals surface area (Å²) in [5.74, 6) is -1.30. The molecule has 6 heteroatoms. The molecule has 0 aliphatic heterocycles. The molecule has 1 unspecified atom stereocenters. The molecule has 1 aliphatic carbocycles. The van der Waals surface area contributed by atoms with Crippen LogP contribution < -0.4 is 10.5 Å². The van der Waals surface area contributed by atoms with Crippen molar-refractivity contribution in [3.05, 3.63) is 64.8 Å². The first-order chi connectivity index (χ1) is 14.5. The average molecular weight is 406 g/mol. The lowest BCUT2D eigenvalue weighted by Crippen LogP contribution is -2.21. The topological polar surface area (TPSA) is 94.6 Å². The van der Waals surface area contributed by atoms with Crippen molar-refractivity contribution in [3.63, 3.8) is 0 Å². The number of primary amides is 1. The second-order valence-corrected chi connectivity index (χ2v) is 7.97. The van der Waals surface area contributed by atoms with Crippen molar-refractivity contribution in [3.8, 4) is 5.75 Å². The first-order valence-corrected chi connectivity index (χ1v) is 10.3. The third-order valence-corrected chi connectivity index (χ3v) is 5.86. The van der Waals surface area contributed by atoms with Gasteiger partial charge >= 0.3 is 5.97 Å². The number of hydrogen-bond acceptors (Lipinski definition) is 3. The molecule has 1 aromatic heterocycles. The summed E-state index contributed by atoms with van der Waals surface area (Å²) in [4.78, 5) is 23.5. The fourth-order valence-electron chi connectivity index (χ4n) is 4.48. The van der Waals surface area contributed by atoms with Gasteiger partial charge in [-0.15, -0.1) is 0 Å². The predicted octanol–water partition coefficient (Wildman–Crippen LogP) is 3.76. The number of carboxylic acids is 1. The number of aryl methyl sites for hydroxylation is 1. The molecule has 1 amide bonds. The van der Waals surface area contributed by atoms with Gasteiger partial charge in [0.05, 0.1) is 11.4 Å². The van der Waals surface area contributed by atoms with E-state index in [1.54, 1.807) is 6.07 Å². The normalized spacial score (nSPS) is 16.1. The first-order valence-electron chi connectivity index (χ1n) is 10.3. The highest BCUT2D eigenvalue weighted by Gasteiger charge is 2.31. The number of fused-ring (bicyclic) bond motifs is 3. The van der Waals surface area contributed by atoms with Crippen LogP contribution >= 0.6 is 0 Å². The SMILES string of the molecule is Cc1ccc(Cn2c3c(c4c(OCC(=O)O)cccc42)C(C(N)=O)CCCC3)cc1. The van der Waals surface area contributed by atoms with Crippen LogP contribution in [0.4, 0.5) is 0 Å². The summed E-state index contributed by atoms with van der Waals surface area (Å²) in [5.41, 5.74) is 11.1. The summed E-state index contributed by atoms with van der Waals surface area (Å²) in [6, 6.07) is 14.0. The molecule has 0 saturated carbocycles. The van der Waals surface area contributed by atoms with E-state index in [9.17, 15) is 9.59 Å². The van der Waals surface area contributed by atoms with Crippen LogP contribution in [0.5, 0.6) is 5.75 Å². The van der Waals surface area contributed by atoms with Crippen LogP contribution in [0.25, 0.3) is 10.9 Å². The summed E-state index contributed by atoms with van der Waals surface area (Å²) in [6.07, 6.45) is 3.44. The Hall–Kier alpha value is -3.28. The van der Waals surface area contributed by atoms with Gasteiger partial charge < -0.3 is 20.1 Å². The molecule has 0 bridgehead atoms. The van der Waals surface area contributed by atoms with Crippen molar-refractivity contribution in [2.75, 3.05) is 6.61 Å². The van der Waals surface area contributed by atoms with Gasteiger partial charge in [-0.05, 0) is 49.4 Å². The number of carboxylic acid groups (broad SMARTS) is 1. The van der Waals surface area contributed by atoms with E-state index in [1.807, 2.05) is 12.1 Å². The standard InChI is InChI=1S/C24H26N2O4/c1-15-9-11-16(12-10-15)13-26-18-6-3-2-5-17(24(25)29)22(18)23-19(26)7-4-8-20(23)30-14-21(27)28/h4,7-12,17H,2-3,5-6,13-14H2,1H3,(H2,25,29)(H,27,28). The van der Waals surface area contributed by atoms with Gasteiger partial charge in [-0.2, -0.15) is 0 Å². The van der Waals surface area contributed by atoms with E-state index in [4.69, 9.17) is 15.6 Å². The maximum atomic E-state index is 12.4. The molecule has 3 N–H and O–H groups in total. The van der Waals surface area contributed by atoms with Crippen LogP contribution in [0.1, 0.15) is 47.6 Å². The molecule has 3 aromatic rings. The molecule has 0 spiro atoms. The number of ether oxygens (including phenoxy) is 1. The Labute approximate surface area is 175 Å². The second-order valence-electron chi connectivity index (χ2n) is 7.97. The maximum absolute atomic E-state index is 12.4. The van der Waals surface area contributed by atoms with Gasteiger partial charge in [0.15, 0.2) is 6.61 Å². The van der Waals surface area contributed by atoms with Gasteiger partial charge in [-0.25, -0.2) is 4.79 Å². The third kappa shape index (κ3) is 3.77. The molecule has 1 atom stereocenters. The van der Waals surface area contributed by atoms with Crippen molar-refractivity contribution in [2.45, 2.75) is 45.1 Å². The molecule has 1 heterocycles. The number of aliphatic carboxylic acids is 1. The quantitative estimate of drug-likeness (QED) is 0.610. The Bertz CT molecular complexity index is 1100. The maximum Gasteiger partial charge on any atom is 0.341 e. The van der Waals surface area contributed by atoms with Crippen LogP contribution in [0.2, 0.25) is 0 Å². The molecule has 0 saturated heterocycles. The Balaban J connectivity index is 1.93. The molecule has 156 valence electrons. The minimum Gasteiger partial charge on any atom is -0.481 e. The van der Waals surface area contributed by atoms with Gasteiger partial charge in [0.25, 0.3) is 0 Å². The highest BCUT2D eigenvalue weighted by Crippen LogP contribution is 2.42. The summed E-state index contributed by atoms with van der Waals surface area (Å²) in [6.45, 7) is 2.29. The first kappa shape index (κ1) is 20.0. The molecule has 6 nitrogen and oxygen atoms in total. The Morgan fingerprint density at radius 2 is 1.93 bits per heavy atom. The monoisotopic (exact) mass is 406 g/mol. The smallest absolute Gasteiger partial charge is 0.341 e. The lowest BCUT2D eigenvalue weighted by atomic mass is 9.92. The summed E-state index contributed by atoms with van der Waals surface area (Å²) >= 11 is 0. The number of nitrogens with zero attached hydrogens (tertiary/aromatic N) is 1. The lowest BCUT2D eigenvalue weighted by molar-refractivity contribution is -0.139. The number of aromatic nitrogens is 1. The van der Waals surface area contributed by atoms with Crippen LogP contribution in [-0.4, -0.2) is 28.2 Å². The van der Waals surface area contributed by atoms with Crippen molar-refractivity contribution in [1.29, 1.82) is 0 Å². The van der Waals surface area contributed by atoms with E-state index in [-0.39, 0.29) is 5.91 Å². The zero-order chi connectivity index (χ0) is 21.3. The number of benzene rings is 2. The van der Waals surface area contributed by atoms with Crippen molar-refractivity contribution in [2.24, 2.45) is 5.73 Å². The summed E-state index contributed by atoms with van der Waals surface area (Å²) in [7, 11) is 0. The number of carbonyl (C=O) groups is 2. The van der Waals surface area contributed by atoms with Gasteiger partial charge in [-0.3, -0.25) is 4.79 Å². The predicted molar refractivity (Wildman–Crippen MR) is 115 cm³/mol. The number of carbonyl (C=O) groups excluding carboxylic acids is 1. The van der Waals surface area contributed by atoms with E-state index < -0.39 is 18.5 Å². The molecule has 0 radical (unpaired) electrons. The van der Waals surface area contributed by atoms with Crippen LogP contribution in [-0.2, 0) is 22.6 Å². The fraction of sp³-hybridized carbons (Fsp3) is 0.333. The Kier molecular flexibility index (Phi) is 5.48. The summed E-state index contributed by atoms with van der Waals surface area (Å²) < 4.78 is 7.87. The van der Waals surface area contributed by atoms with E-state index in [1.165, 1.54) is 5.56 Å². The van der Waals surface area contributed by atoms with Gasteiger partial charge in [0.1, 0.15) is 5.75 Å². The summed E-state index contributed by atoms with van der Waals surface area (Å²) in [5, 5.41) is 9.90. The largest absolute Gasteiger partial charge is 0.481 e.